The maximum Gasteiger partial charge on any atom is 0.230 e. The van der Waals surface area contributed by atoms with Gasteiger partial charge in [-0.3, -0.25) is 9.78 Å². The van der Waals surface area contributed by atoms with Crippen LogP contribution in [0, 0.1) is 0 Å². The Morgan fingerprint density at radius 1 is 1.08 bits per heavy atom. The Morgan fingerprint density at radius 2 is 1.92 bits per heavy atom. The number of benzene rings is 1. The Balaban J connectivity index is 1.42. The molecule has 2 heterocycles. The molecule has 0 saturated carbocycles. The van der Waals surface area contributed by atoms with Gasteiger partial charge >= 0.3 is 0 Å². The Kier molecular flexibility index (Phi) is 5.63. The zero-order chi connectivity index (χ0) is 16.6. The lowest BCUT2D eigenvalue weighted by atomic mass is 10.2. The van der Waals surface area contributed by atoms with Crippen molar-refractivity contribution in [3.63, 3.8) is 0 Å². The molecule has 0 aliphatic carbocycles. The highest BCUT2D eigenvalue weighted by molar-refractivity contribution is 7.99. The maximum atomic E-state index is 11.8. The molecule has 0 bridgehead atoms. The highest BCUT2D eigenvalue weighted by Crippen LogP contribution is 2.20. The van der Waals surface area contributed by atoms with Crippen LogP contribution in [-0.4, -0.2) is 21.6 Å². The van der Waals surface area contributed by atoms with Crippen LogP contribution >= 0.6 is 11.8 Å². The molecule has 122 valence electrons. The molecule has 3 rings (SSSR count). The number of hydrogen-bond donors (Lipinski definition) is 1. The Hall–Kier alpha value is -2.60. The van der Waals surface area contributed by atoms with Gasteiger partial charge in [-0.25, -0.2) is 4.98 Å². The predicted molar refractivity (Wildman–Crippen MR) is 94.2 cm³/mol. The van der Waals surface area contributed by atoms with Gasteiger partial charge in [0.05, 0.1) is 23.7 Å². The number of carbonyl (C=O) groups is 1. The summed E-state index contributed by atoms with van der Waals surface area (Å²) < 4.78 is 5.48. The quantitative estimate of drug-likeness (QED) is 0.715. The first-order valence-corrected chi connectivity index (χ1v) is 8.71. The molecule has 0 atom stereocenters. The van der Waals surface area contributed by atoms with E-state index in [1.54, 1.807) is 12.5 Å². The molecule has 1 aromatic carbocycles. The maximum absolute atomic E-state index is 11.8. The zero-order valence-corrected chi connectivity index (χ0v) is 13.8. The molecule has 1 N–H and O–H groups in total. The van der Waals surface area contributed by atoms with Gasteiger partial charge in [0, 0.05) is 17.5 Å². The van der Waals surface area contributed by atoms with E-state index < -0.39 is 0 Å². The molecule has 0 spiro atoms. The minimum absolute atomic E-state index is 0.0163. The first-order valence-electron chi connectivity index (χ1n) is 7.55. The van der Waals surface area contributed by atoms with Gasteiger partial charge in [-0.1, -0.05) is 24.3 Å². The number of thioether (sulfide) groups is 1. The molecule has 3 aromatic rings. The van der Waals surface area contributed by atoms with E-state index in [4.69, 9.17) is 4.42 Å². The number of rotatable bonds is 7. The molecule has 5 nitrogen and oxygen atoms in total. The lowest BCUT2D eigenvalue weighted by molar-refractivity contribution is -0.118. The van der Waals surface area contributed by atoms with Gasteiger partial charge in [0.25, 0.3) is 0 Å². The van der Waals surface area contributed by atoms with Crippen molar-refractivity contribution in [3.05, 3.63) is 72.4 Å². The Bertz CT molecular complexity index is 775. The molecular weight excluding hydrogens is 322 g/mol. The first-order chi connectivity index (χ1) is 11.8. The molecule has 0 saturated heterocycles. The molecule has 6 heteroatoms. The van der Waals surface area contributed by atoms with E-state index in [0.29, 0.717) is 23.9 Å². The van der Waals surface area contributed by atoms with Crippen LogP contribution in [0.15, 0.2) is 65.4 Å². The van der Waals surface area contributed by atoms with Gasteiger partial charge in [-0.15, -0.1) is 11.8 Å². The minimum Gasteiger partial charge on any atom is -0.444 e. The van der Waals surface area contributed by atoms with Crippen LogP contribution < -0.4 is 5.32 Å². The normalized spacial score (nSPS) is 10.5. The van der Waals surface area contributed by atoms with Gasteiger partial charge in [-0.2, -0.15) is 0 Å². The first kappa shape index (κ1) is 16.3. The van der Waals surface area contributed by atoms with Crippen molar-refractivity contribution < 1.29 is 9.21 Å². The lowest BCUT2D eigenvalue weighted by Gasteiger charge is -2.03. The minimum atomic E-state index is -0.0163. The average Bonchev–Trinajstić information content (AvgIpc) is 3.11. The fourth-order valence-corrected chi connectivity index (χ4v) is 2.81. The number of aromatic nitrogens is 2. The summed E-state index contributed by atoms with van der Waals surface area (Å²) in [5.41, 5.74) is 2.62. The summed E-state index contributed by atoms with van der Waals surface area (Å²) in [6.45, 7) is 0.447. The molecule has 2 aromatic heterocycles. The second-order valence-electron chi connectivity index (χ2n) is 5.10. The molecular formula is C18H17N3O2S. The van der Waals surface area contributed by atoms with Crippen molar-refractivity contribution in [3.8, 4) is 11.5 Å². The van der Waals surface area contributed by atoms with Crippen molar-refractivity contribution in [2.45, 2.75) is 12.3 Å². The van der Waals surface area contributed by atoms with Gasteiger partial charge in [0.2, 0.25) is 11.8 Å². The number of nitrogens with one attached hydrogen (secondary N) is 1. The monoisotopic (exact) mass is 339 g/mol. The molecule has 1 amide bonds. The van der Waals surface area contributed by atoms with Gasteiger partial charge < -0.3 is 9.73 Å². The van der Waals surface area contributed by atoms with E-state index in [0.717, 1.165) is 17.0 Å². The lowest BCUT2D eigenvalue weighted by Crippen LogP contribution is -2.25. The van der Waals surface area contributed by atoms with Crippen molar-refractivity contribution in [1.82, 2.24) is 15.3 Å². The number of oxazole rings is 1. The van der Waals surface area contributed by atoms with Crippen LogP contribution in [0.25, 0.3) is 11.5 Å². The van der Waals surface area contributed by atoms with E-state index in [9.17, 15) is 4.79 Å². The summed E-state index contributed by atoms with van der Waals surface area (Å²) in [4.78, 5) is 20.4. The van der Waals surface area contributed by atoms with Crippen molar-refractivity contribution >= 4 is 17.7 Å². The summed E-state index contributed by atoms with van der Waals surface area (Å²) in [5.74, 6) is 1.59. The summed E-state index contributed by atoms with van der Waals surface area (Å²) in [6, 6.07) is 15.4. The number of hydrogen-bond acceptors (Lipinski definition) is 5. The van der Waals surface area contributed by atoms with E-state index in [2.05, 4.69) is 15.3 Å². The fraction of sp³-hybridized carbons (Fsp3) is 0.167. The summed E-state index contributed by atoms with van der Waals surface area (Å²) in [6.07, 6.45) is 3.35. The van der Waals surface area contributed by atoms with Crippen LogP contribution in [0.5, 0.6) is 0 Å². The summed E-state index contributed by atoms with van der Waals surface area (Å²) in [7, 11) is 0. The standard InChI is InChI=1S/C18H17N3O2S/c22-17(20-10-15-8-4-5-9-19-15)13-24-12-16-11-23-18(21-16)14-6-2-1-3-7-14/h1-9,11H,10,12-13H2,(H,20,22). The topological polar surface area (TPSA) is 68.0 Å². The van der Waals surface area contributed by atoms with Crippen LogP contribution in [-0.2, 0) is 17.1 Å². The van der Waals surface area contributed by atoms with Crippen LogP contribution in [0.4, 0.5) is 0 Å². The van der Waals surface area contributed by atoms with Crippen LogP contribution in [0.3, 0.4) is 0 Å². The van der Waals surface area contributed by atoms with Crippen molar-refractivity contribution in [1.29, 1.82) is 0 Å². The second-order valence-corrected chi connectivity index (χ2v) is 6.09. The number of amides is 1. The fourth-order valence-electron chi connectivity index (χ4n) is 2.08. The predicted octanol–water partition coefficient (Wildman–Crippen LogP) is 3.29. The Morgan fingerprint density at radius 3 is 2.71 bits per heavy atom. The van der Waals surface area contributed by atoms with E-state index in [-0.39, 0.29) is 5.91 Å². The summed E-state index contributed by atoms with van der Waals surface area (Å²) in [5, 5.41) is 2.85. The van der Waals surface area contributed by atoms with E-state index in [1.807, 2.05) is 48.5 Å². The van der Waals surface area contributed by atoms with Gasteiger partial charge in [0.15, 0.2) is 0 Å². The van der Waals surface area contributed by atoms with E-state index >= 15 is 0 Å². The smallest absolute Gasteiger partial charge is 0.230 e. The average molecular weight is 339 g/mol. The third-order valence-electron chi connectivity index (χ3n) is 3.25. The number of pyridine rings is 1. The molecule has 0 unspecified atom stereocenters. The van der Waals surface area contributed by atoms with E-state index in [1.165, 1.54) is 11.8 Å². The largest absolute Gasteiger partial charge is 0.444 e. The number of carbonyl (C=O) groups excluding carboxylic acids is 1. The van der Waals surface area contributed by atoms with Gasteiger partial charge in [-0.05, 0) is 24.3 Å². The second kappa shape index (κ2) is 8.31. The van der Waals surface area contributed by atoms with Crippen LogP contribution in [0.1, 0.15) is 11.4 Å². The molecule has 0 fully saturated rings. The SMILES string of the molecule is O=C(CSCc1coc(-c2ccccc2)n1)NCc1ccccn1. The molecule has 0 radical (unpaired) electrons. The molecule has 24 heavy (non-hydrogen) atoms. The van der Waals surface area contributed by atoms with Gasteiger partial charge in [0.1, 0.15) is 6.26 Å². The number of nitrogens with zero attached hydrogens (tertiary/aromatic N) is 2. The van der Waals surface area contributed by atoms with Crippen molar-refractivity contribution in [2.75, 3.05) is 5.75 Å². The third kappa shape index (κ3) is 4.70. The molecule has 0 aliphatic heterocycles. The molecule has 0 aliphatic rings. The highest BCUT2D eigenvalue weighted by atomic mass is 32.2. The third-order valence-corrected chi connectivity index (χ3v) is 4.21. The Labute approximate surface area is 144 Å². The highest BCUT2D eigenvalue weighted by Gasteiger charge is 2.08. The summed E-state index contributed by atoms with van der Waals surface area (Å²) >= 11 is 1.50. The zero-order valence-electron chi connectivity index (χ0n) is 13.0. The van der Waals surface area contributed by atoms with Crippen molar-refractivity contribution in [2.24, 2.45) is 0 Å². The van der Waals surface area contributed by atoms with Crippen LogP contribution in [0.2, 0.25) is 0 Å².